The smallest absolute Gasteiger partial charge is 0.342 e. The quantitative estimate of drug-likeness (QED) is 0.369. The summed E-state index contributed by atoms with van der Waals surface area (Å²) in [6.07, 6.45) is 1.71. The Morgan fingerprint density at radius 2 is 1.85 bits per heavy atom. The second kappa shape index (κ2) is 9.70. The van der Waals surface area contributed by atoms with E-state index < -0.39 is 5.97 Å². The van der Waals surface area contributed by atoms with Crippen molar-refractivity contribution in [1.82, 2.24) is 9.88 Å². The molecule has 1 saturated heterocycles. The van der Waals surface area contributed by atoms with Gasteiger partial charge in [-0.2, -0.15) is 0 Å². The van der Waals surface area contributed by atoms with Crippen molar-refractivity contribution in [3.63, 3.8) is 0 Å². The molecule has 0 aliphatic carbocycles. The Bertz CT molecular complexity index is 1330. The van der Waals surface area contributed by atoms with Crippen LogP contribution in [0.15, 0.2) is 53.1 Å². The molecule has 34 heavy (non-hydrogen) atoms. The molecule has 176 valence electrons. The van der Waals surface area contributed by atoms with Gasteiger partial charge in [0.05, 0.1) is 25.8 Å². The molecule has 4 aromatic rings. The lowest BCUT2D eigenvalue weighted by Crippen LogP contribution is -2.38. The van der Waals surface area contributed by atoms with Crippen molar-refractivity contribution in [2.45, 2.75) is 6.92 Å². The Morgan fingerprint density at radius 3 is 2.68 bits per heavy atom. The van der Waals surface area contributed by atoms with Crippen LogP contribution in [0.25, 0.3) is 21.9 Å². The highest BCUT2D eigenvalue weighted by Gasteiger charge is 2.19. The van der Waals surface area contributed by atoms with Crippen molar-refractivity contribution >= 4 is 27.8 Å². The molecule has 0 spiro atoms. The Balaban J connectivity index is 1.32. The summed E-state index contributed by atoms with van der Waals surface area (Å²) >= 11 is 0. The molecule has 0 N–H and O–H groups in total. The fraction of sp³-hybridized carbons (Fsp3) is 0.308. The zero-order valence-electron chi connectivity index (χ0n) is 19.2. The molecule has 0 radical (unpaired) electrons. The average molecular weight is 463 g/mol. The fourth-order valence-electron chi connectivity index (χ4n) is 4.14. The molecular formula is C26H26N2O6. The summed E-state index contributed by atoms with van der Waals surface area (Å²) in [7, 11) is 1.35. The van der Waals surface area contributed by atoms with Crippen molar-refractivity contribution in [3.05, 3.63) is 60.0 Å². The predicted octanol–water partition coefficient (Wildman–Crippen LogP) is 4.58. The molecule has 0 unspecified atom stereocenters. The van der Waals surface area contributed by atoms with E-state index in [0.29, 0.717) is 40.4 Å². The van der Waals surface area contributed by atoms with Crippen LogP contribution in [-0.2, 0) is 9.47 Å². The number of benzene rings is 2. The third-order valence-electron chi connectivity index (χ3n) is 5.91. The third kappa shape index (κ3) is 4.55. The first kappa shape index (κ1) is 22.2. The van der Waals surface area contributed by atoms with E-state index in [2.05, 4.69) is 9.88 Å². The number of morpholine rings is 1. The van der Waals surface area contributed by atoms with E-state index in [9.17, 15) is 4.79 Å². The van der Waals surface area contributed by atoms with Gasteiger partial charge in [-0.1, -0.05) is 0 Å². The third-order valence-corrected chi connectivity index (χ3v) is 5.91. The molecular weight excluding hydrogens is 436 g/mol. The number of esters is 1. The van der Waals surface area contributed by atoms with Crippen LogP contribution in [0.2, 0.25) is 0 Å². The molecule has 0 saturated carbocycles. The molecule has 0 bridgehead atoms. The zero-order chi connectivity index (χ0) is 23.5. The molecule has 0 atom stereocenters. The van der Waals surface area contributed by atoms with E-state index in [4.69, 9.17) is 23.4 Å². The minimum Gasteiger partial charge on any atom is -0.492 e. The molecule has 5 rings (SSSR count). The first-order valence-electron chi connectivity index (χ1n) is 11.2. The van der Waals surface area contributed by atoms with Gasteiger partial charge in [0, 0.05) is 48.7 Å². The number of aryl methyl sites for hydroxylation is 1. The standard InChI is InChI=1S/C26H26N2O6/c1-17-25(26(29)30-2)21-6-4-19(16-24(21)33-17)34-23-7-8-27-22-15-18(3-5-20(22)23)32-14-11-28-9-12-31-13-10-28/h3-8,15-16H,9-14H2,1-2H3. The first-order valence-corrected chi connectivity index (χ1v) is 11.2. The second-order valence-corrected chi connectivity index (χ2v) is 8.08. The lowest BCUT2D eigenvalue weighted by molar-refractivity contribution is 0.0322. The molecule has 2 aromatic carbocycles. The minimum atomic E-state index is -0.423. The maximum absolute atomic E-state index is 12.1. The van der Waals surface area contributed by atoms with Crippen LogP contribution in [0.4, 0.5) is 0 Å². The Labute approximate surface area is 197 Å². The van der Waals surface area contributed by atoms with Crippen molar-refractivity contribution in [2.75, 3.05) is 46.6 Å². The maximum Gasteiger partial charge on any atom is 0.342 e. The summed E-state index contributed by atoms with van der Waals surface area (Å²) < 4.78 is 28.1. The van der Waals surface area contributed by atoms with Crippen LogP contribution in [0.3, 0.4) is 0 Å². The van der Waals surface area contributed by atoms with Gasteiger partial charge in [0.25, 0.3) is 0 Å². The number of hydrogen-bond donors (Lipinski definition) is 0. The number of ether oxygens (including phenoxy) is 4. The topological polar surface area (TPSA) is 83.3 Å². The summed E-state index contributed by atoms with van der Waals surface area (Å²) in [6, 6.07) is 13.0. The molecule has 3 heterocycles. The van der Waals surface area contributed by atoms with Gasteiger partial charge in [0.1, 0.15) is 40.8 Å². The van der Waals surface area contributed by atoms with Gasteiger partial charge >= 0.3 is 5.97 Å². The maximum atomic E-state index is 12.1. The highest BCUT2D eigenvalue weighted by atomic mass is 16.5. The average Bonchev–Trinajstić information content (AvgIpc) is 3.19. The number of carbonyl (C=O) groups excluding carboxylic acids is 1. The molecule has 8 nitrogen and oxygen atoms in total. The molecule has 2 aromatic heterocycles. The second-order valence-electron chi connectivity index (χ2n) is 8.08. The molecule has 1 aliphatic heterocycles. The number of fused-ring (bicyclic) bond motifs is 2. The molecule has 1 aliphatic rings. The zero-order valence-corrected chi connectivity index (χ0v) is 19.2. The van der Waals surface area contributed by atoms with Crippen molar-refractivity contribution in [3.8, 4) is 17.2 Å². The van der Waals surface area contributed by atoms with Crippen molar-refractivity contribution in [1.29, 1.82) is 0 Å². The predicted molar refractivity (Wildman–Crippen MR) is 127 cm³/mol. The number of rotatable bonds is 7. The number of aromatic nitrogens is 1. The number of furan rings is 1. The van der Waals surface area contributed by atoms with Crippen LogP contribution in [0.1, 0.15) is 16.1 Å². The molecule has 0 amide bonds. The summed E-state index contributed by atoms with van der Waals surface area (Å²) in [5.74, 6) is 2.12. The largest absolute Gasteiger partial charge is 0.492 e. The van der Waals surface area contributed by atoms with Crippen LogP contribution in [-0.4, -0.2) is 62.4 Å². The van der Waals surface area contributed by atoms with Crippen molar-refractivity contribution < 1.29 is 28.2 Å². The minimum absolute atomic E-state index is 0.423. The van der Waals surface area contributed by atoms with E-state index in [1.54, 1.807) is 31.3 Å². The summed E-state index contributed by atoms with van der Waals surface area (Å²) in [6.45, 7) is 6.66. The van der Waals surface area contributed by atoms with Gasteiger partial charge in [0.15, 0.2) is 0 Å². The van der Waals surface area contributed by atoms with E-state index in [1.807, 2.05) is 24.3 Å². The normalized spacial score (nSPS) is 14.4. The number of nitrogens with zero attached hydrogens (tertiary/aromatic N) is 2. The van der Waals surface area contributed by atoms with Gasteiger partial charge in [-0.3, -0.25) is 9.88 Å². The Hall–Kier alpha value is -3.62. The van der Waals surface area contributed by atoms with Crippen LogP contribution in [0, 0.1) is 6.92 Å². The summed E-state index contributed by atoms with van der Waals surface area (Å²) in [5, 5.41) is 1.56. The lowest BCUT2D eigenvalue weighted by Gasteiger charge is -2.26. The molecule has 8 heteroatoms. The van der Waals surface area contributed by atoms with E-state index >= 15 is 0 Å². The lowest BCUT2D eigenvalue weighted by atomic mass is 10.1. The van der Waals surface area contributed by atoms with Gasteiger partial charge in [-0.05, 0) is 37.3 Å². The number of carbonyl (C=O) groups is 1. The van der Waals surface area contributed by atoms with Crippen LogP contribution < -0.4 is 9.47 Å². The highest BCUT2D eigenvalue weighted by molar-refractivity contribution is 6.04. The Kier molecular flexibility index (Phi) is 6.33. The van der Waals surface area contributed by atoms with Crippen molar-refractivity contribution in [2.24, 2.45) is 0 Å². The van der Waals surface area contributed by atoms with Gasteiger partial charge in [-0.15, -0.1) is 0 Å². The van der Waals surface area contributed by atoms with E-state index in [-0.39, 0.29) is 0 Å². The molecule has 1 fully saturated rings. The number of hydrogen-bond acceptors (Lipinski definition) is 8. The fourth-order valence-corrected chi connectivity index (χ4v) is 4.14. The first-order chi connectivity index (χ1) is 16.6. The number of pyridine rings is 1. The van der Waals surface area contributed by atoms with Crippen LogP contribution in [0.5, 0.6) is 17.2 Å². The summed E-state index contributed by atoms with van der Waals surface area (Å²) in [5.41, 5.74) is 1.77. The van der Waals surface area contributed by atoms with E-state index in [1.165, 1.54) is 7.11 Å². The SMILES string of the molecule is COC(=O)c1c(C)oc2cc(Oc3ccnc4cc(OCCN5CCOCC5)ccc34)ccc12. The van der Waals surface area contributed by atoms with Crippen LogP contribution >= 0.6 is 0 Å². The highest BCUT2D eigenvalue weighted by Crippen LogP contribution is 2.34. The Morgan fingerprint density at radius 1 is 1.06 bits per heavy atom. The number of methoxy groups -OCH3 is 1. The monoisotopic (exact) mass is 462 g/mol. The van der Waals surface area contributed by atoms with E-state index in [0.717, 1.165) is 49.5 Å². The van der Waals surface area contributed by atoms with Gasteiger partial charge < -0.3 is 23.4 Å². The van der Waals surface area contributed by atoms with Gasteiger partial charge in [0.2, 0.25) is 0 Å². The van der Waals surface area contributed by atoms with Gasteiger partial charge in [-0.25, -0.2) is 4.79 Å². The summed E-state index contributed by atoms with van der Waals surface area (Å²) in [4.78, 5) is 18.9.